The molecule has 1 aromatic rings. The number of carbonyl (C=O) groups is 2. The number of methoxy groups -OCH3 is 1. The summed E-state index contributed by atoms with van der Waals surface area (Å²) < 4.78 is 37.1. The minimum Gasteiger partial charge on any atom is -0.479 e. The van der Waals surface area contributed by atoms with E-state index in [9.17, 15) is 18.0 Å². The zero-order valence-corrected chi connectivity index (χ0v) is 16.7. The zero-order chi connectivity index (χ0) is 20.8. The first-order valence-corrected chi connectivity index (χ1v) is 9.88. The number of rotatable bonds is 8. The third-order valence-corrected chi connectivity index (χ3v) is 6.01. The van der Waals surface area contributed by atoms with E-state index >= 15 is 0 Å². The van der Waals surface area contributed by atoms with E-state index in [1.165, 1.54) is 26.0 Å². The van der Waals surface area contributed by atoms with Crippen LogP contribution in [0.4, 0.5) is 0 Å². The molecular formula is C18H24N2O6S. The summed E-state index contributed by atoms with van der Waals surface area (Å²) in [6.45, 7) is 6.09. The fourth-order valence-electron chi connectivity index (χ4n) is 2.23. The fraction of sp³-hybridized carbons (Fsp3) is 0.500. The Hall–Kier alpha value is -2.60. The highest BCUT2D eigenvalue weighted by atomic mass is 32.2. The van der Waals surface area contributed by atoms with Gasteiger partial charge >= 0.3 is 5.97 Å². The summed E-state index contributed by atoms with van der Waals surface area (Å²) in [6, 6.07) is 8.30. The summed E-state index contributed by atoms with van der Waals surface area (Å²) in [5.74, 6) is -2.72. The van der Waals surface area contributed by atoms with Crippen LogP contribution in [0.15, 0.2) is 24.3 Å². The maximum atomic E-state index is 12.6. The molecule has 27 heavy (non-hydrogen) atoms. The average molecular weight is 396 g/mol. The molecule has 0 aromatic heterocycles. The predicted octanol–water partition coefficient (Wildman–Crippen LogP) is 1.61. The maximum Gasteiger partial charge on any atom is 0.309 e. The minimum absolute atomic E-state index is 0.183. The number of carbonyl (C=O) groups excluding carboxylic acids is 2. The van der Waals surface area contributed by atoms with Crippen LogP contribution in [0.5, 0.6) is 5.75 Å². The smallest absolute Gasteiger partial charge is 0.309 e. The van der Waals surface area contributed by atoms with Crippen molar-refractivity contribution in [3.63, 3.8) is 0 Å². The molecule has 1 aromatic carbocycles. The summed E-state index contributed by atoms with van der Waals surface area (Å²) in [6.07, 6.45) is -1.14. The van der Waals surface area contributed by atoms with Gasteiger partial charge < -0.3 is 9.47 Å². The Balaban J connectivity index is 3.02. The van der Waals surface area contributed by atoms with Crippen LogP contribution in [0.1, 0.15) is 33.3 Å². The quantitative estimate of drug-likeness (QED) is 0.662. The Morgan fingerprint density at radius 2 is 1.74 bits per heavy atom. The van der Waals surface area contributed by atoms with Crippen LogP contribution in [0.25, 0.3) is 0 Å². The number of ether oxygens (including phenoxy) is 2. The summed E-state index contributed by atoms with van der Waals surface area (Å²) in [4.78, 5) is 24.1. The van der Waals surface area contributed by atoms with Crippen molar-refractivity contribution in [2.24, 2.45) is 11.8 Å². The molecule has 1 rings (SSSR count). The van der Waals surface area contributed by atoms with E-state index in [-0.39, 0.29) is 17.2 Å². The van der Waals surface area contributed by atoms with Crippen LogP contribution >= 0.6 is 0 Å². The van der Waals surface area contributed by atoms with Gasteiger partial charge in [-0.2, -0.15) is 5.26 Å². The van der Waals surface area contributed by atoms with Gasteiger partial charge in [0.2, 0.25) is 10.0 Å². The van der Waals surface area contributed by atoms with Gasteiger partial charge in [-0.1, -0.05) is 32.9 Å². The molecular weight excluding hydrogens is 372 g/mol. The third-order valence-electron chi connectivity index (χ3n) is 4.13. The van der Waals surface area contributed by atoms with Crippen molar-refractivity contribution >= 4 is 21.9 Å². The van der Waals surface area contributed by atoms with Crippen molar-refractivity contribution in [1.29, 1.82) is 5.26 Å². The molecule has 8 nitrogen and oxygen atoms in total. The second-order valence-corrected chi connectivity index (χ2v) is 8.46. The highest BCUT2D eigenvalue weighted by Gasteiger charge is 2.36. The Bertz CT molecular complexity index is 828. The Morgan fingerprint density at radius 1 is 1.15 bits per heavy atom. The Morgan fingerprint density at radius 3 is 2.26 bits per heavy atom. The molecule has 0 saturated carbocycles. The van der Waals surface area contributed by atoms with Gasteiger partial charge in [-0.15, -0.1) is 0 Å². The first-order chi connectivity index (χ1) is 12.5. The Kier molecular flexibility index (Phi) is 7.79. The SMILES string of the molecule is COC(=O)[C@H](C)[C@@H](C)S(=O)(=O)NC(=O)[C@@H](Oc1ccccc1C#N)C(C)C. The van der Waals surface area contributed by atoms with E-state index in [4.69, 9.17) is 10.00 Å². The first kappa shape index (κ1) is 22.4. The number of esters is 1. The zero-order valence-electron chi connectivity index (χ0n) is 15.9. The monoisotopic (exact) mass is 396 g/mol. The molecule has 0 radical (unpaired) electrons. The molecule has 1 amide bonds. The maximum absolute atomic E-state index is 12.6. The highest BCUT2D eigenvalue weighted by Crippen LogP contribution is 2.21. The van der Waals surface area contributed by atoms with Crippen LogP contribution in [0.3, 0.4) is 0 Å². The van der Waals surface area contributed by atoms with Gasteiger partial charge in [-0.3, -0.25) is 9.59 Å². The van der Waals surface area contributed by atoms with Crippen LogP contribution in [0, 0.1) is 23.2 Å². The Labute approximate surface area is 159 Å². The second-order valence-electron chi connectivity index (χ2n) is 6.42. The van der Waals surface area contributed by atoms with Gasteiger partial charge in [0.15, 0.2) is 6.10 Å². The number of benzene rings is 1. The van der Waals surface area contributed by atoms with Gasteiger partial charge in [-0.05, 0) is 25.0 Å². The molecule has 0 aliphatic rings. The van der Waals surface area contributed by atoms with E-state index in [0.29, 0.717) is 0 Å². The summed E-state index contributed by atoms with van der Waals surface area (Å²) in [5, 5.41) is 7.95. The van der Waals surface area contributed by atoms with Gasteiger partial charge in [-0.25, -0.2) is 13.1 Å². The number of nitrogens with zero attached hydrogens (tertiary/aromatic N) is 1. The molecule has 0 spiro atoms. The lowest BCUT2D eigenvalue weighted by Crippen LogP contribution is -2.48. The second kappa shape index (κ2) is 9.37. The van der Waals surface area contributed by atoms with Gasteiger partial charge in [0.1, 0.15) is 11.8 Å². The van der Waals surface area contributed by atoms with Crippen LogP contribution in [-0.2, 0) is 24.3 Å². The first-order valence-electron chi connectivity index (χ1n) is 8.34. The van der Waals surface area contributed by atoms with Crippen LogP contribution < -0.4 is 9.46 Å². The minimum atomic E-state index is -4.15. The van der Waals surface area contributed by atoms with E-state index in [0.717, 1.165) is 7.11 Å². The molecule has 0 bridgehead atoms. The van der Waals surface area contributed by atoms with Crippen molar-refractivity contribution < 1.29 is 27.5 Å². The van der Waals surface area contributed by atoms with Crippen molar-refractivity contribution in [2.75, 3.05) is 7.11 Å². The molecule has 0 aliphatic heterocycles. The van der Waals surface area contributed by atoms with Crippen molar-refractivity contribution in [1.82, 2.24) is 4.72 Å². The predicted molar refractivity (Wildman–Crippen MR) is 98.1 cm³/mol. The number of nitrogens with one attached hydrogen (secondary N) is 1. The van der Waals surface area contributed by atoms with Crippen molar-refractivity contribution in [2.45, 2.75) is 39.0 Å². The number of sulfonamides is 1. The van der Waals surface area contributed by atoms with Crippen LogP contribution in [-0.4, -0.2) is 38.8 Å². The normalized spacial score (nSPS) is 14.6. The van der Waals surface area contributed by atoms with Crippen molar-refractivity contribution in [3.05, 3.63) is 29.8 Å². The topological polar surface area (TPSA) is 123 Å². The lowest BCUT2D eigenvalue weighted by molar-refractivity contribution is -0.144. The van der Waals surface area contributed by atoms with Gasteiger partial charge in [0.05, 0.1) is 23.8 Å². The fourth-order valence-corrected chi connectivity index (χ4v) is 3.46. The van der Waals surface area contributed by atoms with Crippen LogP contribution in [0.2, 0.25) is 0 Å². The van der Waals surface area contributed by atoms with E-state index in [2.05, 4.69) is 4.74 Å². The number of nitriles is 1. The molecule has 9 heteroatoms. The summed E-state index contributed by atoms with van der Waals surface area (Å²) in [7, 11) is -2.99. The number of amides is 1. The average Bonchev–Trinajstić information content (AvgIpc) is 2.63. The third kappa shape index (κ3) is 5.69. The van der Waals surface area contributed by atoms with E-state index < -0.39 is 39.2 Å². The standard InChI is InChI=1S/C18H24N2O6S/c1-11(2)16(26-15-9-7-6-8-14(15)10-19)17(21)20-27(23,24)13(4)12(3)18(22)25-5/h6-9,11-13,16H,1-5H3,(H,20,21)/t12-,13-,16+/m1/s1. The largest absolute Gasteiger partial charge is 0.479 e. The molecule has 0 fully saturated rings. The molecule has 1 N–H and O–H groups in total. The molecule has 0 heterocycles. The number of hydrogen-bond acceptors (Lipinski definition) is 7. The molecule has 0 unspecified atom stereocenters. The van der Waals surface area contributed by atoms with Crippen molar-refractivity contribution in [3.8, 4) is 11.8 Å². The number of para-hydroxylation sites is 1. The summed E-state index contributed by atoms with van der Waals surface area (Å²) in [5.41, 5.74) is 0.228. The van der Waals surface area contributed by atoms with E-state index in [1.54, 1.807) is 26.0 Å². The molecule has 148 valence electrons. The molecule has 0 saturated heterocycles. The highest BCUT2D eigenvalue weighted by molar-refractivity contribution is 7.90. The lowest BCUT2D eigenvalue weighted by atomic mass is 10.1. The molecule has 3 atom stereocenters. The number of hydrogen-bond donors (Lipinski definition) is 1. The molecule has 0 aliphatic carbocycles. The van der Waals surface area contributed by atoms with Gasteiger partial charge in [0.25, 0.3) is 5.91 Å². The van der Waals surface area contributed by atoms with E-state index in [1.807, 2.05) is 10.8 Å². The van der Waals surface area contributed by atoms with Gasteiger partial charge in [0, 0.05) is 0 Å². The summed E-state index contributed by atoms with van der Waals surface area (Å²) >= 11 is 0. The lowest BCUT2D eigenvalue weighted by Gasteiger charge is -2.24.